The number of halogens is 1. The summed E-state index contributed by atoms with van der Waals surface area (Å²) in [5.74, 6) is 2.13. The van der Waals surface area contributed by atoms with Crippen molar-refractivity contribution in [2.24, 2.45) is 0 Å². The Morgan fingerprint density at radius 1 is 1.21 bits per heavy atom. The minimum Gasteiger partial charge on any atom is -0.495 e. The molecule has 0 aliphatic heterocycles. The molecule has 0 saturated carbocycles. The zero-order valence-corrected chi connectivity index (χ0v) is 13.8. The van der Waals surface area contributed by atoms with Gasteiger partial charge in [-0.1, -0.05) is 19.9 Å². The Balaban J connectivity index is 2.78. The Kier molecular flexibility index (Phi) is 7.24. The van der Waals surface area contributed by atoms with Crippen LogP contribution >= 0.6 is 15.9 Å². The van der Waals surface area contributed by atoms with Gasteiger partial charge in [-0.3, -0.25) is 0 Å². The number of methoxy groups -OCH3 is 2. The molecule has 1 aromatic rings. The SMILES string of the molecule is CCCNCCC(C)c1ccc(OC)c(Br)c1OC. The van der Waals surface area contributed by atoms with Gasteiger partial charge in [0.05, 0.1) is 14.2 Å². The summed E-state index contributed by atoms with van der Waals surface area (Å²) in [5, 5.41) is 3.43. The quantitative estimate of drug-likeness (QED) is 0.732. The lowest BCUT2D eigenvalue weighted by atomic mass is 9.96. The largest absolute Gasteiger partial charge is 0.495 e. The number of nitrogens with one attached hydrogen (secondary N) is 1. The average Bonchev–Trinajstić information content (AvgIpc) is 2.43. The molecule has 1 unspecified atom stereocenters. The number of hydrogen-bond donors (Lipinski definition) is 1. The minimum atomic E-state index is 0.446. The summed E-state index contributed by atoms with van der Waals surface area (Å²) in [7, 11) is 3.36. The van der Waals surface area contributed by atoms with Crippen LogP contribution in [0, 0.1) is 0 Å². The van der Waals surface area contributed by atoms with Gasteiger partial charge in [0, 0.05) is 0 Å². The molecule has 0 spiro atoms. The van der Waals surface area contributed by atoms with Crippen LogP contribution in [0.15, 0.2) is 16.6 Å². The van der Waals surface area contributed by atoms with Crippen molar-refractivity contribution in [2.45, 2.75) is 32.6 Å². The van der Waals surface area contributed by atoms with E-state index in [0.29, 0.717) is 5.92 Å². The summed E-state index contributed by atoms with van der Waals surface area (Å²) in [6, 6.07) is 4.07. The van der Waals surface area contributed by atoms with E-state index in [4.69, 9.17) is 9.47 Å². The van der Waals surface area contributed by atoms with Gasteiger partial charge in [0.1, 0.15) is 16.0 Å². The van der Waals surface area contributed by atoms with E-state index in [1.54, 1.807) is 14.2 Å². The van der Waals surface area contributed by atoms with E-state index in [1.165, 1.54) is 12.0 Å². The number of hydrogen-bond acceptors (Lipinski definition) is 3. The Hall–Kier alpha value is -0.740. The van der Waals surface area contributed by atoms with E-state index in [0.717, 1.165) is 35.5 Å². The highest BCUT2D eigenvalue weighted by atomic mass is 79.9. The van der Waals surface area contributed by atoms with Crippen LogP contribution in [0.25, 0.3) is 0 Å². The normalized spacial score (nSPS) is 12.3. The van der Waals surface area contributed by atoms with Gasteiger partial charge in [0.15, 0.2) is 0 Å². The second-order valence-electron chi connectivity index (χ2n) is 4.64. The van der Waals surface area contributed by atoms with Gasteiger partial charge in [-0.05, 0) is 59.4 Å². The summed E-state index contributed by atoms with van der Waals surface area (Å²) in [4.78, 5) is 0. The number of rotatable bonds is 8. The summed E-state index contributed by atoms with van der Waals surface area (Å²) in [6.45, 7) is 6.52. The highest BCUT2D eigenvalue weighted by Gasteiger charge is 2.17. The predicted molar refractivity (Wildman–Crippen MR) is 83.4 cm³/mol. The molecule has 0 aliphatic carbocycles. The van der Waals surface area contributed by atoms with Gasteiger partial charge in [0.2, 0.25) is 0 Å². The van der Waals surface area contributed by atoms with Crippen LogP contribution in [-0.4, -0.2) is 27.3 Å². The van der Waals surface area contributed by atoms with Crippen LogP contribution in [0.4, 0.5) is 0 Å². The molecule has 0 bridgehead atoms. The second kappa shape index (κ2) is 8.43. The third-order valence-electron chi connectivity index (χ3n) is 3.23. The lowest BCUT2D eigenvalue weighted by molar-refractivity contribution is 0.383. The molecule has 3 nitrogen and oxygen atoms in total. The molecule has 1 aromatic carbocycles. The van der Waals surface area contributed by atoms with Crippen LogP contribution < -0.4 is 14.8 Å². The topological polar surface area (TPSA) is 30.5 Å². The first kappa shape index (κ1) is 16.3. The Morgan fingerprint density at radius 3 is 2.53 bits per heavy atom. The van der Waals surface area contributed by atoms with Crippen molar-refractivity contribution in [3.8, 4) is 11.5 Å². The fourth-order valence-electron chi connectivity index (χ4n) is 2.08. The van der Waals surface area contributed by atoms with Gasteiger partial charge in [-0.25, -0.2) is 0 Å². The molecule has 0 saturated heterocycles. The fourth-order valence-corrected chi connectivity index (χ4v) is 2.77. The molecule has 1 rings (SSSR count). The maximum absolute atomic E-state index is 5.52. The van der Waals surface area contributed by atoms with E-state index in [2.05, 4.69) is 41.2 Å². The van der Waals surface area contributed by atoms with Crippen LogP contribution in [-0.2, 0) is 0 Å². The Morgan fingerprint density at radius 2 is 1.95 bits per heavy atom. The van der Waals surface area contributed by atoms with Gasteiger partial charge >= 0.3 is 0 Å². The molecule has 4 heteroatoms. The maximum Gasteiger partial charge on any atom is 0.140 e. The number of ether oxygens (including phenoxy) is 2. The van der Waals surface area contributed by atoms with Crippen LogP contribution in [0.3, 0.4) is 0 Å². The van der Waals surface area contributed by atoms with Crippen molar-refractivity contribution >= 4 is 15.9 Å². The van der Waals surface area contributed by atoms with Gasteiger partial charge in [-0.2, -0.15) is 0 Å². The van der Waals surface area contributed by atoms with E-state index >= 15 is 0 Å². The van der Waals surface area contributed by atoms with E-state index in [-0.39, 0.29) is 0 Å². The Labute approximate surface area is 124 Å². The third kappa shape index (κ3) is 4.39. The minimum absolute atomic E-state index is 0.446. The van der Waals surface area contributed by atoms with Crippen molar-refractivity contribution in [1.29, 1.82) is 0 Å². The third-order valence-corrected chi connectivity index (χ3v) is 3.98. The van der Waals surface area contributed by atoms with Gasteiger partial charge in [0.25, 0.3) is 0 Å². The zero-order chi connectivity index (χ0) is 14.3. The first-order valence-electron chi connectivity index (χ1n) is 6.76. The van der Waals surface area contributed by atoms with Crippen molar-refractivity contribution in [3.05, 3.63) is 22.2 Å². The summed E-state index contributed by atoms with van der Waals surface area (Å²) in [6.07, 6.45) is 2.26. The Bertz CT molecular complexity index is 396. The molecule has 19 heavy (non-hydrogen) atoms. The first-order valence-corrected chi connectivity index (χ1v) is 7.56. The summed E-state index contributed by atoms with van der Waals surface area (Å²) >= 11 is 3.55. The number of benzene rings is 1. The van der Waals surface area contributed by atoms with Crippen LogP contribution in [0.1, 0.15) is 38.2 Å². The smallest absolute Gasteiger partial charge is 0.140 e. The van der Waals surface area contributed by atoms with Crippen molar-refractivity contribution in [1.82, 2.24) is 5.32 Å². The predicted octanol–water partition coefficient (Wildman–Crippen LogP) is 3.96. The lowest BCUT2D eigenvalue weighted by Crippen LogP contribution is -2.17. The highest BCUT2D eigenvalue weighted by Crippen LogP contribution is 2.40. The summed E-state index contributed by atoms with van der Waals surface area (Å²) in [5.41, 5.74) is 1.22. The molecule has 0 aromatic heterocycles. The molecule has 0 radical (unpaired) electrons. The first-order chi connectivity index (χ1) is 9.15. The van der Waals surface area contributed by atoms with Crippen molar-refractivity contribution < 1.29 is 9.47 Å². The molecule has 108 valence electrons. The molecule has 0 aliphatic rings. The van der Waals surface area contributed by atoms with Crippen molar-refractivity contribution in [2.75, 3.05) is 27.3 Å². The van der Waals surface area contributed by atoms with E-state index in [1.807, 2.05) is 6.07 Å². The molecule has 0 heterocycles. The van der Waals surface area contributed by atoms with Gasteiger partial charge < -0.3 is 14.8 Å². The van der Waals surface area contributed by atoms with Crippen LogP contribution in [0.5, 0.6) is 11.5 Å². The standard InChI is InChI=1S/C15H24BrNO2/c1-5-9-17-10-8-11(2)12-6-7-13(18-3)14(16)15(12)19-4/h6-7,11,17H,5,8-10H2,1-4H3. The van der Waals surface area contributed by atoms with Gasteiger partial charge in [-0.15, -0.1) is 0 Å². The monoisotopic (exact) mass is 329 g/mol. The molecule has 0 fully saturated rings. The lowest BCUT2D eigenvalue weighted by Gasteiger charge is -2.18. The molecule has 1 atom stereocenters. The average molecular weight is 330 g/mol. The highest BCUT2D eigenvalue weighted by molar-refractivity contribution is 9.10. The summed E-state index contributed by atoms with van der Waals surface area (Å²) < 4.78 is 11.7. The second-order valence-corrected chi connectivity index (χ2v) is 5.44. The maximum atomic E-state index is 5.52. The van der Waals surface area contributed by atoms with Crippen molar-refractivity contribution in [3.63, 3.8) is 0 Å². The van der Waals surface area contributed by atoms with E-state index in [9.17, 15) is 0 Å². The van der Waals surface area contributed by atoms with Crippen LogP contribution in [0.2, 0.25) is 0 Å². The molecular weight excluding hydrogens is 306 g/mol. The zero-order valence-electron chi connectivity index (χ0n) is 12.3. The molecule has 1 N–H and O–H groups in total. The molecular formula is C15H24BrNO2. The van der Waals surface area contributed by atoms with E-state index < -0.39 is 0 Å². The molecule has 0 amide bonds. The fraction of sp³-hybridized carbons (Fsp3) is 0.600.